The number of hydrogen-bond donors (Lipinski definition) is 2. The fourth-order valence-corrected chi connectivity index (χ4v) is 3.73. The Labute approximate surface area is 178 Å². The zero-order valence-electron chi connectivity index (χ0n) is 16.3. The number of benzene rings is 2. The number of hydrogen-bond acceptors (Lipinski definition) is 7. The molecule has 2 rings (SSSR count). The van der Waals surface area contributed by atoms with Gasteiger partial charge in [-0.2, -0.15) is 13.5 Å². The van der Waals surface area contributed by atoms with Crippen LogP contribution in [0, 0.1) is 6.92 Å². The van der Waals surface area contributed by atoms with Crippen molar-refractivity contribution >= 4 is 38.7 Å². The summed E-state index contributed by atoms with van der Waals surface area (Å²) in [7, 11) is -2.63. The lowest BCUT2D eigenvalue weighted by atomic mass is 10.2. The summed E-state index contributed by atoms with van der Waals surface area (Å²) in [5.74, 6) is 0.894. The van der Waals surface area contributed by atoms with E-state index >= 15 is 0 Å². The van der Waals surface area contributed by atoms with Gasteiger partial charge in [-0.1, -0.05) is 15.9 Å². The molecule has 0 amide bonds. The number of nitrogens with two attached hydrogens (primary N) is 2. The Bertz CT molecular complexity index is 976. The Balaban J connectivity index is 0.000000612. The van der Waals surface area contributed by atoms with E-state index in [1.807, 2.05) is 19.9 Å². The van der Waals surface area contributed by atoms with Crippen molar-refractivity contribution in [3.05, 3.63) is 46.4 Å². The maximum atomic E-state index is 12.6. The molecule has 0 saturated heterocycles. The molecular formula is C18H23BrN4O5S. The number of halogens is 1. The normalized spacial score (nSPS) is 10.2. The van der Waals surface area contributed by atoms with Gasteiger partial charge in [0, 0.05) is 17.3 Å². The summed E-state index contributed by atoms with van der Waals surface area (Å²) in [6.45, 7) is 7.17. The monoisotopic (exact) mass is 486 g/mol. The first-order chi connectivity index (χ1) is 13.6. The molecule has 0 radical (unpaired) electrons. The van der Waals surface area contributed by atoms with Crippen LogP contribution in [0.5, 0.6) is 17.2 Å². The van der Waals surface area contributed by atoms with Gasteiger partial charge in [0.05, 0.1) is 13.7 Å². The molecule has 11 heteroatoms. The molecule has 0 saturated carbocycles. The number of aryl methyl sites for hydroxylation is 1. The third-order valence-electron chi connectivity index (χ3n) is 3.12. The molecule has 4 N–H and O–H groups in total. The van der Waals surface area contributed by atoms with E-state index < -0.39 is 10.1 Å². The van der Waals surface area contributed by atoms with E-state index in [9.17, 15) is 8.42 Å². The van der Waals surface area contributed by atoms with Crippen LogP contribution in [0.25, 0.3) is 0 Å². The maximum absolute atomic E-state index is 12.6. The average Bonchev–Trinajstić information content (AvgIpc) is 2.61. The van der Waals surface area contributed by atoms with E-state index in [-0.39, 0.29) is 22.4 Å². The molecule has 0 aliphatic heterocycles. The van der Waals surface area contributed by atoms with Gasteiger partial charge in [-0.15, -0.1) is 5.10 Å². The highest BCUT2D eigenvalue weighted by atomic mass is 79.9. The maximum Gasteiger partial charge on any atom is 0.342 e. The molecular weight excluding hydrogens is 464 g/mol. The van der Waals surface area contributed by atoms with Crippen molar-refractivity contribution < 1.29 is 22.1 Å². The van der Waals surface area contributed by atoms with Crippen LogP contribution >= 0.6 is 15.9 Å². The lowest BCUT2D eigenvalue weighted by Gasteiger charge is -2.12. The van der Waals surface area contributed by atoms with Crippen LogP contribution < -0.4 is 25.1 Å². The second-order valence-corrected chi connectivity index (χ2v) is 7.84. The molecule has 0 atom stereocenters. The van der Waals surface area contributed by atoms with Crippen LogP contribution in [-0.2, 0) is 10.1 Å². The summed E-state index contributed by atoms with van der Waals surface area (Å²) < 4.78 is 41.5. The van der Waals surface area contributed by atoms with Crippen LogP contribution in [-0.4, -0.2) is 34.8 Å². The van der Waals surface area contributed by atoms with E-state index in [1.165, 1.54) is 13.2 Å². The SMILES string of the molecule is C=NN=C(N)N.CCOc1cc(C)cc(OS(=O)(=O)c2cc(Br)ccc2OC)c1. The molecule has 0 heterocycles. The number of nitrogens with zero attached hydrogens (tertiary/aromatic N) is 2. The van der Waals surface area contributed by atoms with Gasteiger partial charge in [0.15, 0.2) is 0 Å². The first-order valence-electron chi connectivity index (χ1n) is 8.20. The minimum Gasteiger partial charge on any atom is -0.495 e. The van der Waals surface area contributed by atoms with Crippen molar-refractivity contribution in [1.82, 2.24) is 0 Å². The fourth-order valence-electron chi connectivity index (χ4n) is 2.11. The Morgan fingerprint density at radius 3 is 2.34 bits per heavy atom. The number of guanidine groups is 1. The van der Waals surface area contributed by atoms with Crippen molar-refractivity contribution in [2.75, 3.05) is 13.7 Å². The first-order valence-corrected chi connectivity index (χ1v) is 10.4. The predicted molar refractivity (Wildman–Crippen MR) is 116 cm³/mol. The molecule has 0 fully saturated rings. The van der Waals surface area contributed by atoms with Gasteiger partial charge < -0.3 is 25.1 Å². The summed E-state index contributed by atoms with van der Waals surface area (Å²) in [4.78, 5) is -0.0474. The average molecular weight is 487 g/mol. The summed E-state index contributed by atoms with van der Waals surface area (Å²) in [5, 5.41) is 6.13. The Kier molecular flexibility index (Phi) is 9.42. The fraction of sp³-hybridized carbons (Fsp3) is 0.222. The van der Waals surface area contributed by atoms with E-state index in [0.29, 0.717) is 16.8 Å². The smallest absolute Gasteiger partial charge is 0.342 e. The quantitative estimate of drug-likeness (QED) is 0.265. The number of ether oxygens (including phenoxy) is 2. The van der Waals surface area contributed by atoms with Gasteiger partial charge in [0.25, 0.3) is 0 Å². The van der Waals surface area contributed by atoms with Crippen molar-refractivity contribution in [3.63, 3.8) is 0 Å². The lowest BCUT2D eigenvalue weighted by Crippen LogP contribution is -2.21. The number of rotatable bonds is 7. The molecule has 0 aromatic heterocycles. The van der Waals surface area contributed by atoms with Crippen LogP contribution in [0.4, 0.5) is 0 Å². The molecule has 2 aromatic rings. The van der Waals surface area contributed by atoms with Crippen LogP contribution in [0.15, 0.2) is 56.0 Å². The van der Waals surface area contributed by atoms with Crippen LogP contribution in [0.1, 0.15) is 12.5 Å². The van der Waals surface area contributed by atoms with Crippen LogP contribution in [0.2, 0.25) is 0 Å². The second kappa shape index (κ2) is 11.3. The van der Waals surface area contributed by atoms with Crippen molar-refractivity contribution in [2.45, 2.75) is 18.7 Å². The van der Waals surface area contributed by atoms with Crippen molar-refractivity contribution in [1.29, 1.82) is 0 Å². The van der Waals surface area contributed by atoms with E-state index in [2.05, 4.69) is 32.9 Å². The van der Waals surface area contributed by atoms with Gasteiger partial charge in [0.1, 0.15) is 22.1 Å². The molecule has 2 aromatic carbocycles. The predicted octanol–water partition coefficient (Wildman–Crippen LogP) is 2.81. The Morgan fingerprint density at radius 2 is 1.83 bits per heavy atom. The van der Waals surface area contributed by atoms with Gasteiger partial charge in [-0.25, -0.2) is 0 Å². The van der Waals surface area contributed by atoms with Crippen LogP contribution in [0.3, 0.4) is 0 Å². The topological polar surface area (TPSA) is 139 Å². The third kappa shape index (κ3) is 8.00. The van der Waals surface area contributed by atoms with E-state index in [4.69, 9.17) is 25.1 Å². The molecule has 158 valence electrons. The highest BCUT2D eigenvalue weighted by Gasteiger charge is 2.22. The standard InChI is InChI=1S/C16H17BrO5S.C2H6N4/c1-4-21-13-7-11(2)8-14(10-13)22-23(18,19)16-9-12(17)5-6-15(16)20-3;1-5-6-2(3)4/h5-10H,4H2,1-3H3;1H2,(H4,3,4,6). The third-order valence-corrected chi connectivity index (χ3v) is 4.89. The summed E-state index contributed by atoms with van der Waals surface area (Å²) in [6.07, 6.45) is 0. The highest BCUT2D eigenvalue weighted by Crippen LogP contribution is 2.31. The van der Waals surface area contributed by atoms with Crippen molar-refractivity contribution in [3.8, 4) is 17.2 Å². The molecule has 29 heavy (non-hydrogen) atoms. The van der Waals surface area contributed by atoms with Crippen molar-refractivity contribution in [2.24, 2.45) is 21.7 Å². The lowest BCUT2D eigenvalue weighted by molar-refractivity contribution is 0.338. The highest BCUT2D eigenvalue weighted by molar-refractivity contribution is 9.10. The van der Waals surface area contributed by atoms with Gasteiger partial charge >= 0.3 is 10.1 Å². The Morgan fingerprint density at radius 1 is 1.17 bits per heavy atom. The minimum absolute atomic E-state index is 0.0474. The summed E-state index contributed by atoms with van der Waals surface area (Å²) >= 11 is 3.25. The Hall–Kier alpha value is -2.79. The zero-order valence-corrected chi connectivity index (χ0v) is 18.7. The van der Waals surface area contributed by atoms with Gasteiger partial charge in [-0.05, 0) is 49.7 Å². The van der Waals surface area contributed by atoms with Gasteiger partial charge in [0.2, 0.25) is 5.96 Å². The molecule has 0 aliphatic rings. The minimum atomic E-state index is -4.04. The zero-order chi connectivity index (χ0) is 22.0. The van der Waals surface area contributed by atoms with E-state index in [1.54, 1.807) is 24.3 Å². The molecule has 0 unspecified atom stereocenters. The number of methoxy groups -OCH3 is 1. The molecule has 0 aliphatic carbocycles. The molecule has 0 spiro atoms. The van der Waals surface area contributed by atoms with Gasteiger partial charge in [-0.3, -0.25) is 0 Å². The largest absolute Gasteiger partial charge is 0.495 e. The summed E-state index contributed by atoms with van der Waals surface area (Å²) in [5.41, 5.74) is 10.4. The summed E-state index contributed by atoms with van der Waals surface area (Å²) in [6, 6.07) is 9.67. The first kappa shape index (κ1) is 24.2. The second-order valence-electron chi connectivity index (χ2n) is 5.41. The molecule has 0 bridgehead atoms. The molecule has 9 nitrogen and oxygen atoms in total. The van der Waals surface area contributed by atoms with E-state index in [0.717, 1.165) is 5.56 Å².